The van der Waals surface area contributed by atoms with Crippen LogP contribution in [0.4, 0.5) is 5.69 Å². The van der Waals surface area contributed by atoms with E-state index in [0.29, 0.717) is 13.0 Å². The lowest BCUT2D eigenvalue weighted by molar-refractivity contribution is -0.131. The van der Waals surface area contributed by atoms with Crippen LogP contribution in [0.25, 0.3) is 0 Å². The Labute approximate surface area is 119 Å². The zero-order chi connectivity index (χ0) is 13.9. The number of carbonyl (C=O) groups is 1. The molecule has 3 heteroatoms. The molecule has 102 valence electrons. The Balaban J connectivity index is 1.74. The first-order valence-corrected chi connectivity index (χ1v) is 6.92. The van der Waals surface area contributed by atoms with Crippen molar-refractivity contribution in [1.29, 1.82) is 0 Å². The van der Waals surface area contributed by atoms with Crippen LogP contribution in [0.1, 0.15) is 16.7 Å². The number of carbonyl (C=O) groups excluding carboxylic acids is 1. The summed E-state index contributed by atoms with van der Waals surface area (Å²) in [5.41, 5.74) is 10.3. The van der Waals surface area contributed by atoms with Crippen LogP contribution < -0.4 is 5.73 Å². The molecule has 2 aromatic carbocycles. The Morgan fingerprint density at radius 1 is 1.10 bits per heavy atom. The first-order valence-electron chi connectivity index (χ1n) is 6.92. The monoisotopic (exact) mass is 266 g/mol. The van der Waals surface area contributed by atoms with Gasteiger partial charge in [-0.3, -0.25) is 4.79 Å². The number of nitrogen functional groups attached to an aromatic ring is 1. The topological polar surface area (TPSA) is 46.3 Å². The number of nitrogens with zero attached hydrogens (tertiary/aromatic N) is 1. The molecule has 2 aromatic rings. The Bertz CT molecular complexity index is 622. The van der Waals surface area contributed by atoms with Gasteiger partial charge in [-0.05, 0) is 29.2 Å². The van der Waals surface area contributed by atoms with E-state index in [0.717, 1.165) is 29.8 Å². The molecule has 1 aliphatic heterocycles. The average Bonchev–Trinajstić information content (AvgIpc) is 2.48. The maximum atomic E-state index is 12.4. The number of hydrogen-bond acceptors (Lipinski definition) is 2. The summed E-state index contributed by atoms with van der Waals surface area (Å²) in [5.74, 6) is 0.171. The number of benzene rings is 2. The van der Waals surface area contributed by atoms with Gasteiger partial charge in [0.25, 0.3) is 0 Å². The number of hydrogen-bond donors (Lipinski definition) is 1. The largest absolute Gasteiger partial charge is 0.398 e. The van der Waals surface area contributed by atoms with Crippen molar-refractivity contribution in [2.45, 2.75) is 19.4 Å². The summed E-state index contributed by atoms with van der Waals surface area (Å²) < 4.78 is 0. The molecule has 0 radical (unpaired) electrons. The zero-order valence-electron chi connectivity index (χ0n) is 11.4. The maximum Gasteiger partial charge on any atom is 0.227 e. The smallest absolute Gasteiger partial charge is 0.227 e. The second-order valence-electron chi connectivity index (χ2n) is 5.21. The third-order valence-electron chi connectivity index (χ3n) is 3.86. The highest BCUT2D eigenvalue weighted by atomic mass is 16.2. The maximum absolute atomic E-state index is 12.4. The van der Waals surface area contributed by atoms with Crippen molar-refractivity contribution in [1.82, 2.24) is 4.90 Å². The lowest BCUT2D eigenvalue weighted by Crippen LogP contribution is -2.37. The van der Waals surface area contributed by atoms with Crippen molar-refractivity contribution >= 4 is 11.6 Å². The number of fused-ring (bicyclic) bond motifs is 1. The van der Waals surface area contributed by atoms with Gasteiger partial charge >= 0.3 is 0 Å². The molecule has 0 saturated heterocycles. The normalized spacial score (nSPS) is 13.9. The van der Waals surface area contributed by atoms with E-state index in [-0.39, 0.29) is 5.91 Å². The lowest BCUT2D eigenvalue weighted by Gasteiger charge is -2.29. The molecule has 20 heavy (non-hydrogen) atoms. The third kappa shape index (κ3) is 2.52. The van der Waals surface area contributed by atoms with E-state index in [1.807, 2.05) is 47.4 Å². The fraction of sp³-hybridized carbons (Fsp3) is 0.235. The summed E-state index contributed by atoms with van der Waals surface area (Å²) in [7, 11) is 0. The van der Waals surface area contributed by atoms with Crippen LogP contribution in [0.15, 0.2) is 48.5 Å². The van der Waals surface area contributed by atoms with Gasteiger partial charge in [-0.1, -0.05) is 42.5 Å². The van der Waals surface area contributed by atoms with Crippen LogP contribution in [-0.4, -0.2) is 17.4 Å². The van der Waals surface area contributed by atoms with E-state index >= 15 is 0 Å². The lowest BCUT2D eigenvalue weighted by atomic mass is 9.97. The van der Waals surface area contributed by atoms with E-state index in [1.54, 1.807) is 0 Å². The SMILES string of the molecule is Nc1cccc2c1CN(C(=O)Cc1ccccc1)CC2. The van der Waals surface area contributed by atoms with Crippen LogP contribution in [0.3, 0.4) is 0 Å². The fourth-order valence-electron chi connectivity index (χ4n) is 2.70. The van der Waals surface area contributed by atoms with Gasteiger partial charge in [-0.2, -0.15) is 0 Å². The molecule has 0 unspecified atom stereocenters. The van der Waals surface area contributed by atoms with Gasteiger partial charge in [0.15, 0.2) is 0 Å². The first kappa shape index (κ1) is 12.7. The van der Waals surface area contributed by atoms with Crippen LogP contribution in [0.2, 0.25) is 0 Å². The number of anilines is 1. The predicted octanol–water partition coefficient (Wildman–Crippen LogP) is 2.40. The van der Waals surface area contributed by atoms with E-state index in [9.17, 15) is 4.79 Å². The molecule has 1 heterocycles. The highest BCUT2D eigenvalue weighted by Gasteiger charge is 2.21. The number of nitrogens with two attached hydrogens (primary N) is 1. The van der Waals surface area contributed by atoms with E-state index in [1.165, 1.54) is 5.56 Å². The Morgan fingerprint density at radius 3 is 2.70 bits per heavy atom. The van der Waals surface area contributed by atoms with Crippen molar-refractivity contribution in [3.63, 3.8) is 0 Å². The summed E-state index contributed by atoms with van der Waals surface area (Å²) in [5, 5.41) is 0. The Hall–Kier alpha value is -2.29. The van der Waals surface area contributed by atoms with Gasteiger partial charge in [0.05, 0.1) is 6.42 Å². The minimum Gasteiger partial charge on any atom is -0.398 e. The number of amides is 1. The fourth-order valence-corrected chi connectivity index (χ4v) is 2.70. The second kappa shape index (κ2) is 5.37. The molecule has 0 fully saturated rings. The van der Waals surface area contributed by atoms with Crippen LogP contribution >= 0.6 is 0 Å². The van der Waals surface area contributed by atoms with Crippen LogP contribution in [-0.2, 0) is 24.2 Å². The van der Waals surface area contributed by atoms with Crippen molar-refractivity contribution in [3.05, 3.63) is 65.2 Å². The van der Waals surface area contributed by atoms with Crippen LogP contribution in [0, 0.1) is 0 Å². The molecule has 0 aliphatic carbocycles. The van der Waals surface area contributed by atoms with Gasteiger partial charge in [-0.25, -0.2) is 0 Å². The Kier molecular flexibility index (Phi) is 3.42. The van der Waals surface area contributed by atoms with Crippen molar-refractivity contribution in [2.75, 3.05) is 12.3 Å². The first-order chi connectivity index (χ1) is 9.74. The average molecular weight is 266 g/mol. The van der Waals surface area contributed by atoms with Gasteiger partial charge in [-0.15, -0.1) is 0 Å². The molecule has 2 N–H and O–H groups in total. The quantitative estimate of drug-likeness (QED) is 0.848. The van der Waals surface area contributed by atoms with E-state index < -0.39 is 0 Å². The van der Waals surface area contributed by atoms with E-state index in [4.69, 9.17) is 5.73 Å². The highest BCUT2D eigenvalue weighted by molar-refractivity contribution is 5.79. The third-order valence-corrected chi connectivity index (χ3v) is 3.86. The number of rotatable bonds is 2. The molecule has 3 nitrogen and oxygen atoms in total. The molecule has 0 bridgehead atoms. The van der Waals surface area contributed by atoms with Crippen molar-refractivity contribution in [2.24, 2.45) is 0 Å². The molecule has 3 rings (SSSR count). The molecule has 0 aromatic heterocycles. The van der Waals surface area contributed by atoms with Gasteiger partial charge in [0.1, 0.15) is 0 Å². The summed E-state index contributed by atoms with van der Waals surface area (Å²) in [6.07, 6.45) is 1.35. The minimum atomic E-state index is 0.171. The molecule has 1 aliphatic rings. The van der Waals surface area contributed by atoms with Crippen molar-refractivity contribution < 1.29 is 4.79 Å². The molecule has 0 atom stereocenters. The highest BCUT2D eigenvalue weighted by Crippen LogP contribution is 2.24. The predicted molar refractivity (Wildman–Crippen MR) is 80.1 cm³/mol. The Morgan fingerprint density at radius 2 is 1.90 bits per heavy atom. The molecular weight excluding hydrogens is 248 g/mol. The molecule has 1 amide bonds. The minimum absolute atomic E-state index is 0.171. The molecular formula is C17H18N2O. The second-order valence-corrected chi connectivity index (χ2v) is 5.21. The summed E-state index contributed by atoms with van der Waals surface area (Å²) in [4.78, 5) is 14.3. The van der Waals surface area contributed by atoms with Gasteiger partial charge in [0, 0.05) is 18.8 Å². The summed E-state index contributed by atoms with van der Waals surface area (Å²) in [6, 6.07) is 15.9. The summed E-state index contributed by atoms with van der Waals surface area (Å²) in [6.45, 7) is 1.41. The van der Waals surface area contributed by atoms with Crippen molar-refractivity contribution in [3.8, 4) is 0 Å². The molecule has 0 spiro atoms. The van der Waals surface area contributed by atoms with Gasteiger partial charge < -0.3 is 10.6 Å². The van der Waals surface area contributed by atoms with Crippen LogP contribution in [0.5, 0.6) is 0 Å². The molecule has 0 saturated carbocycles. The standard InChI is InChI=1S/C17H18N2O/c18-16-8-4-7-14-9-10-19(12-15(14)16)17(20)11-13-5-2-1-3-6-13/h1-8H,9-12,18H2. The summed E-state index contributed by atoms with van der Waals surface area (Å²) >= 11 is 0. The van der Waals surface area contributed by atoms with E-state index in [2.05, 4.69) is 6.07 Å². The van der Waals surface area contributed by atoms with Gasteiger partial charge in [0.2, 0.25) is 5.91 Å². The zero-order valence-corrected chi connectivity index (χ0v) is 11.4.